The summed E-state index contributed by atoms with van der Waals surface area (Å²) in [6.45, 7) is 6.98. The molecule has 0 bridgehead atoms. The molecule has 54 heavy (non-hydrogen) atoms. The minimum absolute atomic E-state index is 0.0219. The number of methoxy groups -OCH3 is 2. The molecule has 292 valence electrons. The topological polar surface area (TPSA) is 140 Å². The van der Waals surface area contributed by atoms with E-state index in [1.165, 1.54) is 14.2 Å². The van der Waals surface area contributed by atoms with Crippen LogP contribution in [0.4, 0.5) is 4.79 Å². The molecule has 2 N–H and O–H groups in total. The third-order valence-electron chi connectivity index (χ3n) is 10.2. The Hall–Kier alpha value is -3.75. The van der Waals surface area contributed by atoms with Crippen molar-refractivity contribution in [3.8, 4) is 0 Å². The fourth-order valence-electron chi connectivity index (χ4n) is 7.69. The van der Waals surface area contributed by atoms with Crippen LogP contribution in [0.15, 0.2) is 76.0 Å². The molecule has 2 aromatic rings. The lowest BCUT2D eigenvalue weighted by Gasteiger charge is -2.48. The monoisotopic (exact) mass is 803 g/mol. The molecule has 2 aliphatic heterocycles. The number of halogens is 2. The van der Waals surface area contributed by atoms with Gasteiger partial charge < -0.3 is 19.5 Å². The maximum Gasteiger partial charge on any atom is 0.422 e. The van der Waals surface area contributed by atoms with Gasteiger partial charge in [-0.15, -0.1) is 0 Å². The number of dihydropyridines is 1. The summed E-state index contributed by atoms with van der Waals surface area (Å²) in [5, 5.41) is 5.35. The second kappa shape index (κ2) is 17.8. The van der Waals surface area contributed by atoms with E-state index in [1.807, 2.05) is 6.07 Å². The van der Waals surface area contributed by atoms with Crippen LogP contribution in [0.25, 0.3) is 0 Å². The maximum atomic E-state index is 15.1. The Bertz CT molecular complexity index is 1810. The fourth-order valence-corrected chi connectivity index (χ4v) is 9.43. The average molecular weight is 805 g/mol. The first kappa shape index (κ1) is 41.4. The van der Waals surface area contributed by atoms with E-state index in [0.29, 0.717) is 31.1 Å². The Morgan fingerprint density at radius 3 is 2.00 bits per heavy atom. The SMILES string of the molecule is COC(=O)C1=C(CC(=O)[N+]2(C3CCCCC3)CCN(NC(=O)OC(C)(C)C)CC2)NC(CS(=O)c2ccccc2)=C(C(=O)OC)C1c1c(Cl)cccc1Cl. The number of hydrogen-bond donors (Lipinski definition) is 2. The molecule has 2 unspecified atom stereocenters. The van der Waals surface area contributed by atoms with Crippen molar-refractivity contribution in [1.29, 1.82) is 0 Å². The highest BCUT2D eigenvalue weighted by molar-refractivity contribution is 7.85. The molecule has 2 atom stereocenters. The summed E-state index contributed by atoms with van der Waals surface area (Å²) in [5.74, 6) is -3.14. The summed E-state index contributed by atoms with van der Waals surface area (Å²) < 4.78 is 30.0. The average Bonchev–Trinajstić information content (AvgIpc) is 3.14. The van der Waals surface area contributed by atoms with E-state index in [2.05, 4.69) is 10.7 Å². The van der Waals surface area contributed by atoms with Gasteiger partial charge in [-0.1, -0.05) is 53.9 Å². The van der Waals surface area contributed by atoms with Gasteiger partial charge in [-0.05, 0) is 70.7 Å². The van der Waals surface area contributed by atoms with Crippen molar-refractivity contribution in [2.45, 2.75) is 81.8 Å². The van der Waals surface area contributed by atoms with E-state index in [4.69, 9.17) is 37.4 Å². The highest BCUT2D eigenvalue weighted by Gasteiger charge is 2.49. The maximum absolute atomic E-state index is 15.1. The lowest BCUT2D eigenvalue weighted by Crippen LogP contribution is -2.69. The van der Waals surface area contributed by atoms with Gasteiger partial charge in [-0.25, -0.2) is 24.2 Å². The van der Waals surface area contributed by atoms with E-state index >= 15 is 4.79 Å². The predicted octanol–water partition coefficient (Wildman–Crippen LogP) is 6.16. The zero-order valence-electron chi connectivity index (χ0n) is 31.4. The fraction of sp³-hybridized carbons (Fsp3) is 0.487. The van der Waals surface area contributed by atoms with E-state index in [-0.39, 0.29) is 66.8 Å². The van der Waals surface area contributed by atoms with Gasteiger partial charge in [0.05, 0.1) is 67.0 Å². The van der Waals surface area contributed by atoms with Crippen molar-refractivity contribution in [2.24, 2.45) is 0 Å². The number of carbonyl (C=O) groups excluding carboxylic acids is 4. The summed E-state index contributed by atoms with van der Waals surface area (Å²) in [6, 6.07) is 13.6. The molecule has 3 aliphatic rings. The van der Waals surface area contributed by atoms with Crippen LogP contribution in [0.1, 0.15) is 70.8 Å². The van der Waals surface area contributed by atoms with Gasteiger partial charge in [0.15, 0.2) is 0 Å². The molecule has 1 aliphatic carbocycles. The minimum atomic E-state index is -1.66. The second-order valence-electron chi connectivity index (χ2n) is 14.7. The van der Waals surface area contributed by atoms with Crippen LogP contribution < -0.4 is 10.7 Å². The Labute approximate surface area is 329 Å². The molecule has 12 nitrogen and oxygen atoms in total. The van der Waals surface area contributed by atoms with Crippen LogP contribution in [0.2, 0.25) is 10.0 Å². The van der Waals surface area contributed by atoms with Gasteiger partial charge in [-0.3, -0.25) is 14.1 Å². The van der Waals surface area contributed by atoms with Gasteiger partial charge in [-0.2, -0.15) is 0 Å². The summed E-state index contributed by atoms with van der Waals surface area (Å²) in [5.41, 5.74) is 2.75. The Balaban J connectivity index is 1.60. The van der Waals surface area contributed by atoms with E-state index in [9.17, 15) is 18.6 Å². The molecule has 0 radical (unpaired) electrons. The smallest absolute Gasteiger partial charge is 0.422 e. The van der Waals surface area contributed by atoms with Crippen molar-refractivity contribution in [2.75, 3.05) is 46.2 Å². The van der Waals surface area contributed by atoms with Crippen molar-refractivity contribution in [1.82, 2.24) is 15.8 Å². The van der Waals surface area contributed by atoms with Crippen LogP contribution in [-0.2, 0) is 39.4 Å². The second-order valence-corrected chi connectivity index (χ2v) is 17.0. The summed E-state index contributed by atoms with van der Waals surface area (Å²) in [6.07, 6.45) is 3.96. The molecule has 5 rings (SSSR count). The molecular formula is C39H49Cl2N4O8S+. The third-order valence-corrected chi connectivity index (χ3v) is 12.2. The van der Waals surface area contributed by atoms with Gasteiger partial charge in [0.25, 0.3) is 0 Å². The van der Waals surface area contributed by atoms with Crippen LogP contribution >= 0.6 is 23.2 Å². The first-order chi connectivity index (χ1) is 25.7. The van der Waals surface area contributed by atoms with Crippen LogP contribution in [0, 0.1) is 0 Å². The molecule has 0 spiro atoms. The number of ether oxygens (including phenoxy) is 3. The van der Waals surface area contributed by atoms with E-state index in [1.54, 1.807) is 68.2 Å². The number of benzene rings is 2. The van der Waals surface area contributed by atoms with Gasteiger partial charge in [0, 0.05) is 31.9 Å². The number of esters is 2. The normalized spacial score (nSPS) is 20.1. The van der Waals surface area contributed by atoms with E-state index < -0.39 is 40.4 Å². The Kier molecular flexibility index (Phi) is 13.7. The van der Waals surface area contributed by atoms with Gasteiger partial charge in [0.2, 0.25) is 0 Å². The number of hydrazine groups is 1. The van der Waals surface area contributed by atoms with Gasteiger partial charge in [0.1, 0.15) is 25.1 Å². The van der Waals surface area contributed by atoms with Crippen molar-refractivity contribution in [3.63, 3.8) is 0 Å². The first-order valence-electron chi connectivity index (χ1n) is 18.1. The first-order valence-corrected chi connectivity index (χ1v) is 20.2. The number of nitrogens with zero attached hydrogens (tertiary/aromatic N) is 2. The van der Waals surface area contributed by atoms with E-state index in [0.717, 1.165) is 32.1 Å². The Morgan fingerprint density at radius 2 is 1.44 bits per heavy atom. The number of amides is 2. The molecule has 15 heteroatoms. The highest BCUT2D eigenvalue weighted by atomic mass is 35.5. The number of quaternary nitrogens is 1. The van der Waals surface area contributed by atoms with Crippen molar-refractivity contribution < 1.29 is 42.1 Å². The quantitative estimate of drug-likeness (QED) is 0.163. The van der Waals surface area contributed by atoms with Crippen LogP contribution in [-0.4, -0.2) is 95.4 Å². The molecular weight excluding hydrogens is 755 g/mol. The van der Waals surface area contributed by atoms with Crippen LogP contribution in [0.3, 0.4) is 0 Å². The largest absolute Gasteiger partial charge is 0.466 e. The molecule has 1 saturated carbocycles. The van der Waals surface area contributed by atoms with Crippen molar-refractivity contribution >= 4 is 57.9 Å². The summed E-state index contributed by atoms with van der Waals surface area (Å²) >= 11 is 13.6. The highest BCUT2D eigenvalue weighted by Crippen LogP contribution is 2.46. The van der Waals surface area contributed by atoms with Crippen LogP contribution in [0.5, 0.6) is 0 Å². The molecule has 1 saturated heterocycles. The molecule has 2 fully saturated rings. The number of hydrogen-bond acceptors (Lipinski definition) is 10. The zero-order valence-corrected chi connectivity index (χ0v) is 33.7. The number of nitrogens with one attached hydrogen (secondary N) is 2. The number of rotatable bonds is 10. The number of carbonyl (C=O) groups is 4. The standard InChI is InChI=1S/C39H48Cl2N4O8S/c1-39(2,3)53-38(49)43-44-19-21-45(22-20-44,25-13-8-6-9-14-25)31(46)23-29-33(36(47)51-4)35(32-27(40)17-12-18-28(32)41)34(37(48)52-5)30(42-29)24-54(50)26-15-10-7-11-16-26/h7,10-12,15-18,25,35H,6,8-9,13-14,19-24H2,1-5H3,(H-,42,43,47,48,49)/p+1. The number of piperazine rings is 1. The summed E-state index contributed by atoms with van der Waals surface area (Å²) in [7, 11) is 0.770. The van der Waals surface area contributed by atoms with Gasteiger partial charge >= 0.3 is 23.9 Å². The van der Waals surface area contributed by atoms with Crippen molar-refractivity contribution in [3.05, 3.63) is 86.7 Å². The lowest BCUT2D eigenvalue weighted by molar-refractivity contribution is -0.886. The lowest BCUT2D eigenvalue weighted by atomic mass is 9.79. The molecule has 2 amide bonds. The minimum Gasteiger partial charge on any atom is -0.466 e. The molecule has 2 aromatic carbocycles. The Morgan fingerprint density at radius 1 is 0.870 bits per heavy atom. The summed E-state index contributed by atoms with van der Waals surface area (Å²) in [4.78, 5) is 55.9. The third kappa shape index (κ3) is 9.36. The zero-order chi connectivity index (χ0) is 39.2. The predicted molar refractivity (Wildman–Crippen MR) is 206 cm³/mol. The molecule has 2 heterocycles. The molecule has 0 aromatic heterocycles.